The number of fused-ring (bicyclic) bond motifs is 3. The van der Waals surface area contributed by atoms with Crippen LogP contribution in [0.15, 0.2) is 42.5 Å². The minimum Gasteiger partial charge on any atom is -0.481 e. The maximum Gasteiger partial charge on any atom is 0.414 e. The maximum atomic E-state index is 12.6. The van der Waals surface area contributed by atoms with Gasteiger partial charge in [-0.2, -0.15) is 5.26 Å². The molecule has 1 N–H and O–H groups in total. The number of hydrogen-bond donors (Lipinski definition) is 1. The van der Waals surface area contributed by atoms with E-state index in [9.17, 15) is 20.0 Å². The third-order valence-corrected chi connectivity index (χ3v) is 7.98. The Kier molecular flexibility index (Phi) is 6.88. The Hall–Kier alpha value is -3.86. The van der Waals surface area contributed by atoms with Crippen molar-refractivity contribution in [2.24, 2.45) is 5.92 Å². The van der Waals surface area contributed by atoms with Crippen LogP contribution in [0.4, 0.5) is 10.5 Å². The Balaban J connectivity index is 1.66. The molecule has 2 aliphatic rings. The summed E-state index contributed by atoms with van der Waals surface area (Å²) in [7, 11) is 1.39. The molecule has 192 valence electrons. The van der Waals surface area contributed by atoms with Crippen LogP contribution in [0.25, 0.3) is 11.0 Å². The van der Waals surface area contributed by atoms with Gasteiger partial charge in [0.15, 0.2) is 0 Å². The van der Waals surface area contributed by atoms with Crippen molar-refractivity contribution in [2.75, 3.05) is 12.0 Å². The van der Waals surface area contributed by atoms with Crippen molar-refractivity contribution in [3.05, 3.63) is 59.4 Å². The second-order valence-corrected chi connectivity index (χ2v) is 10.2. The molecule has 1 fully saturated rings. The van der Waals surface area contributed by atoms with E-state index >= 15 is 0 Å². The normalized spacial score (nSPS) is 22.2. The van der Waals surface area contributed by atoms with Gasteiger partial charge in [0.05, 0.1) is 35.8 Å². The first-order chi connectivity index (χ1) is 17.9. The number of carboxylic acids is 1. The summed E-state index contributed by atoms with van der Waals surface area (Å²) >= 11 is 0. The number of methoxy groups -OCH3 is 1. The number of imidazole rings is 1. The fraction of sp³-hybridized carbons (Fsp3) is 0.448. The van der Waals surface area contributed by atoms with E-state index in [-0.39, 0.29) is 24.4 Å². The number of nitriles is 1. The topological polar surface area (TPSA) is 108 Å². The van der Waals surface area contributed by atoms with Gasteiger partial charge in [-0.1, -0.05) is 36.8 Å². The van der Waals surface area contributed by atoms with Crippen molar-refractivity contribution in [2.45, 2.75) is 69.9 Å². The molecule has 2 heterocycles. The first-order valence-electron chi connectivity index (χ1n) is 13.0. The third-order valence-electron chi connectivity index (χ3n) is 7.98. The van der Waals surface area contributed by atoms with Gasteiger partial charge >= 0.3 is 12.1 Å². The fourth-order valence-corrected chi connectivity index (χ4v) is 6.11. The van der Waals surface area contributed by atoms with Crippen LogP contribution in [-0.4, -0.2) is 39.9 Å². The molecule has 2 unspecified atom stereocenters. The van der Waals surface area contributed by atoms with E-state index < -0.39 is 18.0 Å². The standard InChI is InChI=1S/C29H32N4O4/c1-18-11-12-22-24(32(18)29(36)37-2)13-14-25-27(22)31-26(33(25)21-10-6-7-19(15-21)17-30)16-23(28(34)35)20-8-4-3-5-9-20/h3-5,8-9,13-14,18-19,21,23H,6-7,10-12,15-16H2,1-2H3,(H,34,35)/t18-,19?,21?,23-/m0/s1. The predicted octanol–water partition coefficient (Wildman–Crippen LogP) is 5.61. The number of nitrogens with zero attached hydrogens (tertiary/aromatic N) is 4. The number of carbonyl (C=O) groups is 2. The molecule has 0 radical (unpaired) electrons. The van der Waals surface area contributed by atoms with Gasteiger partial charge < -0.3 is 14.4 Å². The number of aromatic nitrogens is 2. The zero-order valence-electron chi connectivity index (χ0n) is 21.3. The van der Waals surface area contributed by atoms with Gasteiger partial charge in [0.1, 0.15) is 5.82 Å². The van der Waals surface area contributed by atoms with Crippen molar-refractivity contribution in [3.63, 3.8) is 0 Å². The van der Waals surface area contributed by atoms with E-state index in [4.69, 9.17) is 9.72 Å². The van der Waals surface area contributed by atoms with Crippen LogP contribution < -0.4 is 4.90 Å². The van der Waals surface area contributed by atoms with Gasteiger partial charge in [-0.25, -0.2) is 9.78 Å². The molecule has 1 amide bonds. The first-order valence-corrected chi connectivity index (χ1v) is 13.0. The second-order valence-electron chi connectivity index (χ2n) is 10.2. The molecule has 1 aliphatic heterocycles. The number of anilines is 1. The number of carboxylic acid groups (broad SMARTS) is 1. The highest BCUT2D eigenvalue weighted by atomic mass is 16.5. The molecule has 8 nitrogen and oxygen atoms in total. The van der Waals surface area contributed by atoms with Crippen LogP contribution in [-0.2, 0) is 22.4 Å². The summed E-state index contributed by atoms with van der Waals surface area (Å²) in [6, 6.07) is 15.7. The Labute approximate surface area is 216 Å². The van der Waals surface area contributed by atoms with E-state index in [0.29, 0.717) is 5.82 Å². The van der Waals surface area contributed by atoms with Crippen molar-refractivity contribution >= 4 is 28.8 Å². The molecule has 3 aromatic rings. The van der Waals surface area contributed by atoms with Crippen LogP contribution >= 0.6 is 0 Å². The lowest BCUT2D eigenvalue weighted by Crippen LogP contribution is -2.42. The average Bonchev–Trinajstić information content (AvgIpc) is 3.30. The second kappa shape index (κ2) is 10.3. The van der Waals surface area contributed by atoms with Crippen LogP contribution in [0.5, 0.6) is 0 Å². The largest absolute Gasteiger partial charge is 0.481 e. The highest BCUT2D eigenvalue weighted by molar-refractivity contribution is 5.95. The molecule has 1 aliphatic carbocycles. The summed E-state index contributed by atoms with van der Waals surface area (Å²) in [6.45, 7) is 2.01. The summed E-state index contributed by atoms with van der Waals surface area (Å²) in [5.41, 5.74) is 4.27. The maximum absolute atomic E-state index is 12.6. The molecule has 1 saturated carbocycles. The zero-order valence-corrected chi connectivity index (χ0v) is 21.3. The van der Waals surface area contributed by atoms with Crippen molar-refractivity contribution < 1.29 is 19.4 Å². The van der Waals surface area contributed by atoms with Crippen molar-refractivity contribution in [1.82, 2.24) is 9.55 Å². The molecule has 1 aromatic heterocycles. The number of amides is 1. The van der Waals surface area contributed by atoms with Gasteiger partial charge in [0, 0.05) is 30.0 Å². The van der Waals surface area contributed by atoms with E-state index in [0.717, 1.165) is 66.4 Å². The van der Waals surface area contributed by atoms with Crippen molar-refractivity contribution in [1.29, 1.82) is 5.26 Å². The van der Waals surface area contributed by atoms with Crippen LogP contribution in [0.1, 0.15) is 67.9 Å². The van der Waals surface area contributed by atoms with Gasteiger partial charge in [0.25, 0.3) is 0 Å². The molecule has 0 bridgehead atoms. The number of benzene rings is 2. The summed E-state index contributed by atoms with van der Waals surface area (Å²) in [5, 5.41) is 19.8. The quantitative estimate of drug-likeness (QED) is 0.488. The molecule has 2 aromatic carbocycles. The first kappa shape index (κ1) is 24.8. The third kappa shape index (κ3) is 4.55. The zero-order chi connectivity index (χ0) is 26.1. The van der Waals surface area contributed by atoms with Gasteiger partial charge in [-0.15, -0.1) is 0 Å². The highest BCUT2D eigenvalue weighted by Gasteiger charge is 2.34. The lowest BCUT2D eigenvalue weighted by molar-refractivity contribution is -0.138. The molecule has 37 heavy (non-hydrogen) atoms. The van der Waals surface area contributed by atoms with Crippen LogP contribution in [0.3, 0.4) is 0 Å². The lowest BCUT2D eigenvalue weighted by atomic mass is 9.86. The van der Waals surface area contributed by atoms with Crippen LogP contribution in [0.2, 0.25) is 0 Å². The predicted molar refractivity (Wildman–Crippen MR) is 140 cm³/mol. The van der Waals surface area contributed by atoms with Gasteiger partial charge in [-0.05, 0) is 56.7 Å². The number of ether oxygens (including phenoxy) is 1. The number of aliphatic carboxylic acids is 1. The minimum absolute atomic E-state index is 0.00292. The Morgan fingerprint density at radius 1 is 1.19 bits per heavy atom. The number of carbonyl (C=O) groups excluding carboxylic acids is 1. The van der Waals surface area contributed by atoms with E-state index in [1.165, 1.54) is 7.11 Å². The molecule has 4 atom stereocenters. The van der Waals surface area contributed by atoms with E-state index in [2.05, 4.69) is 10.6 Å². The highest BCUT2D eigenvalue weighted by Crippen LogP contribution is 2.41. The summed E-state index contributed by atoms with van der Waals surface area (Å²) in [5.74, 6) is -0.946. The summed E-state index contributed by atoms with van der Waals surface area (Å²) < 4.78 is 7.26. The van der Waals surface area contributed by atoms with Gasteiger partial charge in [0.2, 0.25) is 0 Å². The van der Waals surface area contributed by atoms with E-state index in [1.54, 1.807) is 4.90 Å². The molecular weight excluding hydrogens is 468 g/mol. The Bertz CT molecular complexity index is 1360. The monoisotopic (exact) mass is 500 g/mol. The van der Waals surface area contributed by atoms with Crippen LogP contribution in [0, 0.1) is 17.2 Å². The molecule has 0 saturated heterocycles. The Morgan fingerprint density at radius 2 is 1.97 bits per heavy atom. The smallest absolute Gasteiger partial charge is 0.414 e. The molecular formula is C29H32N4O4. The van der Waals surface area contributed by atoms with Gasteiger partial charge in [-0.3, -0.25) is 9.69 Å². The SMILES string of the molecule is COC(=O)N1c2ccc3c(nc(C[C@H](C(=O)O)c4ccccc4)n3C3CCCC(C#N)C3)c2CC[C@@H]1C. The Morgan fingerprint density at radius 3 is 2.68 bits per heavy atom. The average molecular weight is 501 g/mol. The molecule has 0 spiro atoms. The van der Waals surface area contributed by atoms with Crippen molar-refractivity contribution in [3.8, 4) is 6.07 Å². The summed E-state index contributed by atoms with van der Waals surface area (Å²) in [4.78, 5) is 31.8. The molecule has 8 heteroatoms. The number of aryl methyl sites for hydroxylation is 1. The fourth-order valence-electron chi connectivity index (χ4n) is 6.11. The number of rotatable bonds is 5. The lowest BCUT2D eigenvalue weighted by Gasteiger charge is -2.34. The number of hydrogen-bond acceptors (Lipinski definition) is 5. The minimum atomic E-state index is -0.893. The summed E-state index contributed by atoms with van der Waals surface area (Å²) in [6.07, 6.45) is 4.87. The molecule has 5 rings (SSSR count). The van der Waals surface area contributed by atoms with E-state index in [1.807, 2.05) is 49.4 Å².